The monoisotopic (exact) mass is 193 g/mol. The zero-order valence-electron chi connectivity index (χ0n) is 7.86. The second-order valence-electron chi connectivity index (χ2n) is 3.36. The molecule has 0 aliphatic heterocycles. The van der Waals surface area contributed by atoms with Gasteiger partial charge in [-0.3, -0.25) is 0 Å². The largest absolute Gasteiger partial charge is 0.339 e. The second-order valence-corrected chi connectivity index (χ2v) is 3.36. The van der Waals surface area contributed by atoms with Crippen molar-refractivity contribution in [2.75, 3.05) is 0 Å². The molecule has 2 aromatic heterocycles. The topological polar surface area (TPSA) is 52.5 Å². The maximum absolute atomic E-state index is 9.02. The maximum atomic E-state index is 9.02. The Bertz CT molecular complexity index is 689. The smallest absolute Gasteiger partial charge is 0.139 e. The molecule has 0 spiro atoms. The van der Waals surface area contributed by atoms with Gasteiger partial charge in [-0.25, -0.2) is 4.98 Å². The van der Waals surface area contributed by atoms with Gasteiger partial charge in [0.1, 0.15) is 5.65 Å². The number of rotatable bonds is 0. The Morgan fingerprint density at radius 3 is 2.93 bits per heavy atom. The third-order valence-electron chi connectivity index (χ3n) is 2.52. The molecule has 0 bridgehead atoms. The van der Waals surface area contributed by atoms with Gasteiger partial charge < -0.3 is 4.98 Å². The van der Waals surface area contributed by atoms with Gasteiger partial charge in [0.25, 0.3) is 0 Å². The molecule has 3 rings (SSSR count). The first-order valence-electron chi connectivity index (χ1n) is 4.65. The van der Waals surface area contributed by atoms with Gasteiger partial charge in [-0.15, -0.1) is 0 Å². The van der Waals surface area contributed by atoms with Gasteiger partial charge in [-0.2, -0.15) is 5.26 Å². The van der Waals surface area contributed by atoms with Crippen molar-refractivity contribution < 1.29 is 0 Å². The average molecular weight is 193 g/mol. The van der Waals surface area contributed by atoms with Gasteiger partial charge in [0.2, 0.25) is 0 Å². The number of nitrogens with zero attached hydrogens (tertiary/aromatic N) is 2. The van der Waals surface area contributed by atoms with Crippen LogP contribution < -0.4 is 0 Å². The number of H-pyrrole nitrogens is 1. The Hall–Kier alpha value is -2.34. The van der Waals surface area contributed by atoms with Crippen molar-refractivity contribution in [3.63, 3.8) is 0 Å². The van der Waals surface area contributed by atoms with Crippen molar-refractivity contribution in [2.24, 2.45) is 0 Å². The normalized spacial score (nSPS) is 10.6. The second kappa shape index (κ2) is 2.82. The fourth-order valence-electron chi connectivity index (χ4n) is 1.86. The number of aromatic nitrogens is 2. The molecule has 0 saturated carbocycles. The summed E-state index contributed by atoms with van der Waals surface area (Å²) >= 11 is 0. The minimum Gasteiger partial charge on any atom is -0.339 e. The molecule has 15 heavy (non-hydrogen) atoms. The van der Waals surface area contributed by atoms with E-state index in [0.29, 0.717) is 5.56 Å². The molecule has 1 N–H and O–H groups in total. The first-order chi connectivity index (χ1) is 7.40. The lowest BCUT2D eigenvalue weighted by Gasteiger charge is -1.92. The minimum atomic E-state index is 0.664. The third-order valence-corrected chi connectivity index (χ3v) is 2.52. The summed E-state index contributed by atoms with van der Waals surface area (Å²) in [5.41, 5.74) is 2.45. The highest BCUT2D eigenvalue weighted by Crippen LogP contribution is 2.26. The van der Waals surface area contributed by atoms with E-state index in [2.05, 4.69) is 16.0 Å². The van der Waals surface area contributed by atoms with Crippen LogP contribution in [0.15, 0.2) is 36.5 Å². The number of fused-ring (bicyclic) bond motifs is 3. The Labute approximate surface area is 86.0 Å². The van der Waals surface area contributed by atoms with E-state index in [-0.39, 0.29) is 0 Å². The van der Waals surface area contributed by atoms with Crippen molar-refractivity contribution in [3.05, 3.63) is 42.1 Å². The van der Waals surface area contributed by atoms with Crippen molar-refractivity contribution >= 4 is 21.9 Å². The highest BCUT2D eigenvalue weighted by molar-refractivity contribution is 6.08. The van der Waals surface area contributed by atoms with Crippen LogP contribution in [0.2, 0.25) is 0 Å². The molecule has 0 saturated heterocycles. The number of nitriles is 1. The summed E-state index contributed by atoms with van der Waals surface area (Å²) in [4.78, 5) is 7.41. The van der Waals surface area contributed by atoms with Crippen LogP contribution >= 0.6 is 0 Å². The molecule has 0 unspecified atom stereocenters. The summed E-state index contributed by atoms with van der Waals surface area (Å²) in [5.74, 6) is 0. The Morgan fingerprint density at radius 2 is 2.07 bits per heavy atom. The molecular weight excluding hydrogens is 186 g/mol. The van der Waals surface area contributed by atoms with Crippen LogP contribution in [0.3, 0.4) is 0 Å². The molecule has 1 aromatic carbocycles. The molecule has 3 nitrogen and oxygen atoms in total. The highest BCUT2D eigenvalue weighted by Gasteiger charge is 2.07. The lowest BCUT2D eigenvalue weighted by atomic mass is 10.1. The molecule has 0 amide bonds. The summed E-state index contributed by atoms with van der Waals surface area (Å²) in [7, 11) is 0. The van der Waals surface area contributed by atoms with Gasteiger partial charge in [-0.1, -0.05) is 18.2 Å². The summed E-state index contributed by atoms with van der Waals surface area (Å²) in [6.45, 7) is 0. The number of para-hydroxylation sites is 1. The zero-order chi connectivity index (χ0) is 10.3. The van der Waals surface area contributed by atoms with Gasteiger partial charge in [-0.05, 0) is 12.1 Å². The number of aromatic amines is 1. The van der Waals surface area contributed by atoms with Crippen LogP contribution in [0.4, 0.5) is 0 Å². The van der Waals surface area contributed by atoms with E-state index in [0.717, 1.165) is 21.9 Å². The van der Waals surface area contributed by atoms with Gasteiger partial charge in [0.05, 0.1) is 11.6 Å². The van der Waals surface area contributed by atoms with Crippen LogP contribution in [-0.2, 0) is 0 Å². The summed E-state index contributed by atoms with van der Waals surface area (Å²) in [5, 5.41) is 11.0. The van der Waals surface area contributed by atoms with Crippen LogP contribution in [0.5, 0.6) is 0 Å². The number of nitrogens with one attached hydrogen (secondary N) is 1. The first-order valence-corrected chi connectivity index (χ1v) is 4.65. The molecule has 3 aromatic rings. The highest BCUT2D eigenvalue weighted by atomic mass is 14.8. The standard InChI is InChI=1S/C12H7N3/c13-7-8-5-6-14-12-11(8)9-3-1-2-4-10(9)15-12/h1-6H,(H,14,15). The lowest BCUT2D eigenvalue weighted by Crippen LogP contribution is -1.79. The molecular formula is C12H7N3. The zero-order valence-corrected chi connectivity index (χ0v) is 7.86. The molecule has 0 aliphatic carbocycles. The molecule has 0 fully saturated rings. The minimum absolute atomic E-state index is 0.664. The summed E-state index contributed by atoms with van der Waals surface area (Å²) in [6, 6.07) is 11.8. The number of hydrogen-bond donors (Lipinski definition) is 1. The van der Waals surface area contributed by atoms with E-state index in [1.54, 1.807) is 12.3 Å². The van der Waals surface area contributed by atoms with E-state index in [1.165, 1.54) is 0 Å². The van der Waals surface area contributed by atoms with Crippen molar-refractivity contribution in [2.45, 2.75) is 0 Å². The fraction of sp³-hybridized carbons (Fsp3) is 0. The Morgan fingerprint density at radius 1 is 1.20 bits per heavy atom. The molecule has 2 heterocycles. The molecule has 70 valence electrons. The molecule has 3 heteroatoms. The third kappa shape index (κ3) is 1.02. The van der Waals surface area contributed by atoms with E-state index in [9.17, 15) is 0 Å². The van der Waals surface area contributed by atoms with Crippen molar-refractivity contribution in [1.29, 1.82) is 5.26 Å². The van der Waals surface area contributed by atoms with E-state index in [1.807, 2.05) is 24.3 Å². The van der Waals surface area contributed by atoms with Gasteiger partial charge in [0, 0.05) is 22.5 Å². The van der Waals surface area contributed by atoms with E-state index < -0.39 is 0 Å². The van der Waals surface area contributed by atoms with E-state index >= 15 is 0 Å². The van der Waals surface area contributed by atoms with Crippen molar-refractivity contribution in [3.8, 4) is 6.07 Å². The van der Waals surface area contributed by atoms with Crippen LogP contribution in [-0.4, -0.2) is 9.97 Å². The van der Waals surface area contributed by atoms with Gasteiger partial charge >= 0.3 is 0 Å². The average Bonchev–Trinajstić information content (AvgIpc) is 2.67. The molecule has 0 radical (unpaired) electrons. The number of hydrogen-bond acceptors (Lipinski definition) is 2. The fourth-order valence-corrected chi connectivity index (χ4v) is 1.86. The maximum Gasteiger partial charge on any atom is 0.139 e. The number of pyridine rings is 1. The Balaban J connectivity index is 2.64. The predicted octanol–water partition coefficient (Wildman–Crippen LogP) is 2.59. The summed E-state index contributed by atoms with van der Waals surface area (Å²) in [6.07, 6.45) is 1.65. The van der Waals surface area contributed by atoms with Gasteiger partial charge in [0.15, 0.2) is 0 Å². The van der Waals surface area contributed by atoms with E-state index in [4.69, 9.17) is 5.26 Å². The lowest BCUT2D eigenvalue weighted by molar-refractivity contribution is 1.34. The predicted molar refractivity (Wildman–Crippen MR) is 58.3 cm³/mol. The first kappa shape index (κ1) is 8.01. The molecule has 0 atom stereocenters. The quantitative estimate of drug-likeness (QED) is 0.596. The SMILES string of the molecule is N#Cc1ccnc2[nH]c3ccccc3c12. The van der Waals surface area contributed by atoms with Crippen molar-refractivity contribution in [1.82, 2.24) is 9.97 Å². The Kier molecular flexibility index (Phi) is 1.51. The van der Waals surface area contributed by atoms with Crippen LogP contribution in [0, 0.1) is 11.3 Å². The molecule has 0 aliphatic rings. The summed E-state index contributed by atoms with van der Waals surface area (Å²) < 4.78 is 0. The van der Waals surface area contributed by atoms with Crippen LogP contribution in [0.25, 0.3) is 21.9 Å². The van der Waals surface area contributed by atoms with Crippen LogP contribution in [0.1, 0.15) is 5.56 Å². The number of benzene rings is 1.